The predicted molar refractivity (Wildman–Crippen MR) is 66.3 cm³/mol. The summed E-state index contributed by atoms with van der Waals surface area (Å²) in [4.78, 5) is 22.4. The van der Waals surface area contributed by atoms with E-state index in [4.69, 9.17) is 23.2 Å². The van der Waals surface area contributed by atoms with Gasteiger partial charge in [-0.15, -0.1) is 5.10 Å². The van der Waals surface area contributed by atoms with Crippen molar-refractivity contribution in [2.24, 2.45) is 5.73 Å². The van der Waals surface area contributed by atoms with Crippen LogP contribution in [0.3, 0.4) is 0 Å². The van der Waals surface area contributed by atoms with Gasteiger partial charge in [0.25, 0.3) is 0 Å². The molecule has 0 fully saturated rings. The summed E-state index contributed by atoms with van der Waals surface area (Å²) in [5, 5.41) is 4.50. The molecule has 2 aromatic rings. The van der Waals surface area contributed by atoms with Crippen molar-refractivity contribution in [1.82, 2.24) is 14.5 Å². The number of halogens is 1. The summed E-state index contributed by atoms with van der Waals surface area (Å²) < 4.78 is 1.76. The molecule has 1 heterocycles. The maximum Gasteiger partial charge on any atom is 0.365 e. The fourth-order valence-corrected chi connectivity index (χ4v) is 1.59. The van der Waals surface area contributed by atoms with Gasteiger partial charge in [0.2, 0.25) is 5.91 Å². The van der Waals surface area contributed by atoms with Gasteiger partial charge in [-0.1, -0.05) is 11.6 Å². The molecule has 0 spiro atoms. The maximum atomic E-state index is 11.7. The Kier molecular flexibility index (Phi) is 3.07. The minimum atomic E-state index is -0.669. The van der Waals surface area contributed by atoms with Gasteiger partial charge in [-0.2, -0.15) is 4.68 Å². The van der Waals surface area contributed by atoms with Crippen molar-refractivity contribution in [1.29, 1.82) is 0 Å². The number of primary amides is 1. The molecule has 1 aromatic carbocycles. The summed E-state index contributed by atoms with van der Waals surface area (Å²) in [7, 11) is 0. The Bertz CT molecular complexity index is 643. The Hall–Kier alpha value is -2.28. The van der Waals surface area contributed by atoms with Crippen molar-refractivity contribution in [3.05, 3.63) is 39.8 Å². The van der Waals surface area contributed by atoms with Crippen molar-refractivity contribution in [2.45, 2.75) is 6.54 Å². The molecule has 8 heteroatoms. The number of nitrogen functional groups attached to an aromatic ring is 1. The van der Waals surface area contributed by atoms with E-state index in [-0.39, 0.29) is 12.4 Å². The molecule has 0 saturated heterocycles. The zero-order valence-corrected chi connectivity index (χ0v) is 9.96. The van der Waals surface area contributed by atoms with Crippen molar-refractivity contribution >= 4 is 17.5 Å². The van der Waals surface area contributed by atoms with Crippen LogP contribution < -0.4 is 17.3 Å². The first kappa shape index (κ1) is 12.2. The van der Waals surface area contributed by atoms with Gasteiger partial charge in [0, 0.05) is 10.6 Å². The number of carbonyl (C=O) groups is 1. The van der Waals surface area contributed by atoms with Gasteiger partial charge in [0.1, 0.15) is 6.54 Å². The first-order valence-corrected chi connectivity index (χ1v) is 5.36. The number of amides is 1. The molecule has 18 heavy (non-hydrogen) atoms. The molecule has 0 unspecified atom stereocenters. The number of rotatable bonds is 3. The van der Waals surface area contributed by atoms with Gasteiger partial charge in [-0.25, -0.2) is 9.48 Å². The van der Waals surface area contributed by atoms with E-state index in [1.807, 2.05) is 0 Å². The fraction of sp³-hybridized carbons (Fsp3) is 0.100. The molecule has 94 valence electrons. The molecule has 1 amide bonds. The normalized spacial score (nSPS) is 10.5. The monoisotopic (exact) mass is 267 g/mol. The van der Waals surface area contributed by atoms with Crippen LogP contribution in [-0.4, -0.2) is 20.4 Å². The van der Waals surface area contributed by atoms with Gasteiger partial charge in [0.15, 0.2) is 5.82 Å². The van der Waals surface area contributed by atoms with Crippen LogP contribution in [0.4, 0.5) is 0 Å². The van der Waals surface area contributed by atoms with E-state index in [0.717, 1.165) is 9.36 Å². The number of hydrogen-bond acceptors (Lipinski definition) is 4. The zero-order chi connectivity index (χ0) is 13.3. The molecule has 0 aliphatic heterocycles. The van der Waals surface area contributed by atoms with E-state index in [0.29, 0.717) is 10.6 Å². The Morgan fingerprint density at radius 1 is 1.33 bits per heavy atom. The third kappa shape index (κ3) is 2.21. The van der Waals surface area contributed by atoms with Crippen LogP contribution in [0.1, 0.15) is 0 Å². The Morgan fingerprint density at radius 3 is 2.50 bits per heavy atom. The van der Waals surface area contributed by atoms with Gasteiger partial charge in [-0.3, -0.25) is 4.79 Å². The van der Waals surface area contributed by atoms with E-state index in [1.165, 1.54) is 0 Å². The lowest BCUT2D eigenvalue weighted by molar-refractivity contribution is -0.118. The molecule has 2 rings (SSSR count). The standard InChI is InChI=1S/C10H10ClN5O2/c11-7-3-1-6(2-4-7)9-14-15(5-8(12)17)10(18)16(9)13/h1-4H,5,13H2,(H2,12,17). The average molecular weight is 268 g/mol. The highest BCUT2D eigenvalue weighted by molar-refractivity contribution is 6.30. The van der Waals surface area contributed by atoms with Crippen molar-refractivity contribution in [3.8, 4) is 11.4 Å². The van der Waals surface area contributed by atoms with Crippen molar-refractivity contribution in [3.63, 3.8) is 0 Å². The van der Waals surface area contributed by atoms with Gasteiger partial charge in [-0.05, 0) is 24.3 Å². The van der Waals surface area contributed by atoms with Crippen LogP contribution in [0, 0.1) is 0 Å². The highest BCUT2D eigenvalue weighted by Crippen LogP contribution is 2.17. The molecule has 0 saturated carbocycles. The first-order chi connectivity index (χ1) is 8.49. The van der Waals surface area contributed by atoms with Crippen LogP contribution in [0.15, 0.2) is 29.1 Å². The summed E-state index contributed by atoms with van der Waals surface area (Å²) in [6.07, 6.45) is 0. The SMILES string of the molecule is NC(=O)Cn1nc(-c2ccc(Cl)cc2)n(N)c1=O. The van der Waals surface area contributed by atoms with E-state index in [1.54, 1.807) is 24.3 Å². The van der Waals surface area contributed by atoms with Crippen molar-refractivity contribution < 1.29 is 4.79 Å². The van der Waals surface area contributed by atoms with Crippen LogP contribution in [0.2, 0.25) is 5.02 Å². The van der Waals surface area contributed by atoms with Crippen LogP contribution in [0.25, 0.3) is 11.4 Å². The Morgan fingerprint density at radius 2 is 1.94 bits per heavy atom. The third-order valence-electron chi connectivity index (χ3n) is 2.28. The quantitative estimate of drug-likeness (QED) is 0.735. The minimum Gasteiger partial charge on any atom is -0.368 e. The third-order valence-corrected chi connectivity index (χ3v) is 2.53. The Labute approximate surface area is 107 Å². The number of nitrogens with zero attached hydrogens (tertiary/aromatic N) is 3. The molecule has 0 atom stereocenters. The van der Waals surface area contributed by atoms with Gasteiger partial charge in [0.05, 0.1) is 0 Å². The number of benzene rings is 1. The molecule has 7 nitrogen and oxygen atoms in total. The molecule has 0 aliphatic carbocycles. The number of aromatic nitrogens is 3. The smallest absolute Gasteiger partial charge is 0.365 e. The summed E-state index contributed by atoms with van der Waals surface area (Å²) >= 11 is 5.76. The maximum absolute atomic E-state index is 11.7. The lowest BCUT2D eigenvalue weighted by Gasteiger charge is -1.98. The van der Waals surface area contributed by atoms with Crippen molar-refractivity contribution in [2.75, 3.05) is 5.84 Å². The Balaban J connectivity index is 2.49. The highest BCUT2D eigenvalue weighted by atomic mass is 35.5. The zero-order valence-electron chi connectivity index (χ0n) is 9.21. The second-order valence-electron chi connectivity index (χ2n) is 3.61. The summed E-state index contributed by atoms with van der Waals surface area (Å²) in [6, 6.07) is 6.63. The topological polar surface area (TPSA) is 109 Å². The predicted octanol–water partition coefficient (Wildman–Crippen LogP) is -0.436. The molecule has 0 bridgehead atoms. The molecule has 0 radical (unpaired) electrons. The minimum absolute atomic E-state index is 0.234. The summed E-state index contributed by atoms with van der Waals surface area (Å²) in [6.45, 7) is -0.316. The lowest BCUT2D eigenvalue weighted by atomic mass is 10.2. The fourth-order valence-electron chi connectivity index (χ4n) is 1.47. The number of hydrogen-bond donors (Lipinski definition) is 2. The van der Waals surface area contributed by atoms with E-state index < -0.39 is 11.6 Å². The molecule has 4 N–H and O–H groups in total. The molecular formula is C10H10ClN5O2. The van der Waals surface area contributed by atoms with Crippen LogP contribution in [-0.2, 0) is 11.3 Å². The number of nitrogens with two attached hydrogens (primary N) is 2. The van der Waals surface area contributed by atoms with Gasteiger partial charge < -0.3 is 11.6 Å². The van der Waals surface area contributed by atoms with Gasteiger partial charge >= 0.3 is 5.69 Å². The molecule has 0 aliphatic rings. The second kappa shape index (κ2) is 4.53. The van der Waals surface area contributed by atoms with E-state index in [9.17, 15) is 9.59 Å². The first-order valence-electron chi connectivity index (χ1n) is 4.98. The second-order valence-corrected chi connectivity index (χ2v) is 4.04. The molecular weight excluding hydrogens is 258 g/mol. The molecule has 1 aromatic heterocycles. The van der Waals surface area contributed by atoms with Crippen LogP contribution >= 0.6 is 11.6 Å². The van der Waals surface area contributed by atoms with Crippen LogP contribution in [0.5, 0.6) is 0 Å². The summed E-state index contributed by atoms with van der Waals surface area (Å²) in [5.74, 6) is 5.15. The van der Waals surface area contributed by atoms with E-state index in [2.05, 4.69) is 5.10 Å². The average Bonchev–Trinajstić information content (AvgIpc) is 2.58. The lowest BCUT2D eigenvalue weighted by Crippen LogP contribution is -2.33. The van der Waals surface area contributed by atoms with E-state index >= 15 is 0 Å². The summed E-state index contributed by atoms with van der Waals surface area (Å²) in [5.41, 5.74) is 5.01. The number of carbonyl (C=O) groups excluding carboxylic acids is 1. The largest absolute Gasteiger partial charge is 0.368 e. The highest BCUT2D eigenvalue weighted by Gasteiger charge is 2.13.